The second kappa shape index (κ2) is 6.03. The summed E-state index contributed by atoms with van der Waals surface area (Å²) in [5.74, 6) is 5.59. The first-order chi connectivity index (χ1) is 9.60. The Kier molecular flexibility index (Phi) is 4.17. The highest BCUT2D eigenvalue weighted by atomic mass is 16.5. The molecule has 104 valence electrons. The summed E-state index contributed by atoms with van der Waals surface area (Å²) < 4.78 is 10.7. The third-order valence-corrected chi connectivity index (χ3v) is 2.67. The average molecular weight is 274 g/mol. The number of carbonyl (C=O) groups excluding carboxylic acids is 2. The lowest BCUT2D eigenvalue weighted by Gasteiger charge is -2.05. The fraction of sp³-hybridized carbons (Fsp3) is 0.143. The van der Waals surface area contributed by atoms with Crippen molar-refractivity contribution in [2.45, 2.75) is 13.5 Å². The van der Waals surface area contributed by atoms with Crippen LogP contribution in [0.2, 0.25) is 0 Å². The van der Waals surface area contributed by atoms with Gasteiger partial charge in [-0.2, -0.15) is 0 Å². The van der Waals surface area contributed by atoms with E-state index in [1.54, 1.807) is 24.3 Å². The van der Waals surface area contributed by atoms with Crippen molar-refractivity contribution in [3.63, 3.8) is 0 Å². The number of rotatable bonds is 5. The van der Waals surface area contributed by atoms with Gasteiger partial charge in [-0.05, 0) is 25.1 Å². The number of furan rings is 1. The van der Waals surface area contributed by atoms with Gasteiger partial charge in [0.1, 0.15) is 24.4 Å². The minimum atomic E-state index is -0.432. The van der Waals surface area contributed by atoms with Crippen molar-refractivity contribution in [1.82, 2.24) is 5.43 Å². The molecular formula is C14H14N2O4. The quantitative estimate of drug-likeness (QED) is 0.374. The van der Waals surface area contributed by atoms with Crippen LogP contribution in [0.5, 0.6) is 5.75 Å². The maximum absolute atomic E-state index is 11.3. The summed E-state index contributed by atoms with van der Waals surface area (Å²) in [6.07, 6.45) is 1.30. The predicted molar refractivity (Wildman–Crippen MR) is 71.1 cm³/mol. The zero-order chi connectivity index (χ0) is 14.5. The third kappa shape index (κ3) is 3.24. The first-order valence-corrected chi connectivity index (χ1v) is 5.92. The Hall–Kier alpha value is -2.60. The molecule has 2 rings (SSSR count). The van der Waals surface area contributed by atoms with Crippen molar-refractivity contribution in [3.05, 3.63) is 53.5 Å². The predicted octanol–water partition coefficient (Wildman–Crippen LogP) is 1.66. The van der Waals surface area contributed by atoms with Crippen LogP contribution in [-0.4, -0.2) is 11.7 Å². The highest BCUT2D eigenvalue weighted by Crippen LogP contribution is 2.16. The Bertz CT molecular complexity index is 634. The smallest absolute Gasteiger partial charge is 0.268 e. The number of ketones is 1. The molecule has 0 atom stereocenters. The molecule has 0 bridgehead atoms. The molecule has 1 heterocycles. The Morgan fingerprint density at radius 3 is 2.80 bits per heavy atom. The number of carbonyl (C=O) groups is 2. The number of benzene rings is 1. The molecule has 0 fully saturated rings. The molecule has 6 nitrogen and oxygen atoms in total. The highest BCUT2D eigenvalue weighted by Gasteiger charge is 2.09. The Balaban J connectivity index is 2.01. The van der Waals surface area contributed by atoms with Crippen molar-refractivity contribution in [2.24, 2.45) is 5.84 Å². The number of nitrogens with one attached hydrogen (secondary N) is 1. The summed E-state index contributed by atoms with van der Waals surface area (Å²) in [6, 6.07) is 8.38. The number of ether oxygens (including phenoxy) is 1. The van der Waals surface area contributed by atoms with E-state index < -0.39 is 5.91 Å². The molecule has 0 aliphatic rings. The molecule has 2 aromatic rings. The molecule has 0 saturated heterocycles. The molecule has 1 aromatic carbocycles. The number of Topliss-reactive ketones (excluding diaryl/α,β-unsaturated/α-hetero) is 1. The van der Waals surface area contributed by atoms with Gasteiger partial charge in [0.2, 0.25) is 0 Å². The summed E-state index contributed by atoms with van der Waals surface area (Å²) in [5.41, 5.74) is 2.91. The van der Waals surface area contributed by atoms with E-state index in [0.29, 0.717) is 22.6 Å². The molecule has 0 aliphatic heterocycles. The minimum Gasteiger partial charge on any atom is -0.486 e. The molecule has 0 unspecified atom stereocenters. The summed E-state index contributed by atoms with van der Waals surface area (Å²) in [7, 11) is 0. The van der Waals surface area contributed by atoms with Crippen molar-refractivity contribution in [3.8, 4) is 5.75 Å². The molecule has 3 N–H and O–H groups in total. The van der Waals surface area contributed by atoms with Crippen LogP contribution in [-0.2, 0) is 6.61 Å². The summed E-state index contributed by atoms with van der Waals surface area (Å²) in [5, 5.41) is 0. The van der Waals surface area contributed by atoms with Gasteiger partial charge in [0.25, 0.3) is 5.91 Å². The first kappa shape index (κ1) is 13.8. The number of hydrazine groups is 1. The zero-order valence-corrected chi connectivity index (χ0v) is 10.9. The fourth-order valence-corrected chi connectivity index (χ4v) is 1.62. The molecule has 0 spiro atoms. The number of hydrogen-bond acceptors (Lipinski definition) is 5. The zero-order valence-electron chi connectivity index (χ0n) is 10.9. The lowest BCUT2D eigenvalue weighted by atomic mass is 10.1. The highest BCUT2D eigenvalue weighted by molar-refractivity contribution is 5.94. The molecule has 0 aliphatic carbocycles. The van der Waals surface area contributed by atoms with Gasteiger partial charge < -0.3 is 9.15 Å². The van der Waals surface area contributed by atoms with Crippen LogP contribution in [0.15, 0.2) is 41.0 Å². The van der Waals surface area contributed by atoms with Gasteiger partial charge in [0, 0.05) is 5.56 Å². The van der Waals surface area contributed by atoms with Crippen LogP contribution in [0, 0.1) is 0 Å². The number of nitrogens with two attached hydrogens (primary N) is 1. The monoisotopic (exact) mass is 274 g/mol. The van der Waals surface area contributed by atoms with Crippen molar-refractivity contribution >= 4 is 11.7 Å². The van der Waals surface area contributed by atoms with Crippen LogP contribution >= 0.6 is 0 Å². The largest absolute Gasteiger partial charge is 0.486 e. The van der Waals surface area contributed by atoms with Gasteiger partial charge >= 0.3 is 0 Å². The Morgan fingerprint density at radius 1 is 1.30 bits per heavy atom. The van der Waals surface area contributed by atoms with Crippen LogP contribution in [0.4, 0.5) is 0 Å². The van der Waals surface area contributed by atoms with Crippen LogP contribution in [0.25, 0.3) is 0 Å². The van der Waals surface area contributed by atoms with Gasteiger partial charge in [-0.3, -0.25) is 15.0 Å². The van der Waals surface area contributed by atoms with Crippen LogP contribution in [0.1, 0.15) is 33.4 Å². The number of hydrogen-bond donors (Lipinski definition) is 2. The lowest BCUT2D eigenvalue weighted by Crippen LogP contribution is -2.29. The minimum absolute atomic E-state index is 0.0321. The number of amides is 1. The molecule has 0 saturated carbocycles. The molecular weight excluding hydrogens is 260 g/mol. The van der Waals surface area contributed by atoms with Crippen LogP contribution in [0.3, 0.4) is 0 Å². The lowest BCUT2D eigenvalue weighted by molar-refractivity contribution is 0.0952. The van der Waals surface area contributed by atoms with Crippen molar-refractivity contribution in [2.75, 3.05) is 0 Å². The first-order valence-electron chi connectivity index (χ1n) is 5.92. The van der Waals surface area contributed by atoms with E-state index in [1.165, 1.54) is 19.3 Å². The van der Waals surface area contributed by atoms with Gasteiger partial charge in [-0.1, -0.05) is 12.1 Å². The van der Waals surface area contributed by atoms with Crippen molar-refractivity contribution < 1.29 is 18.7 Å². The van der Waals surface area contributed by atoms with Gasteiger partial charge in [0.15, 0.2) is 5.78 Å². The Labute approximate surface area is 115 Å². The molecule has 1 amide bonds. The van der Waals surface area contributed by atoms with Gasteiger partial charge in [0.05, 0.1) is 5.56 Å². The summed E-state index contributed by atoms with van der Waals surface area (Å²) in [6.45, 7) is 1.64. The maximum atomic E-state index is 11.3. The number of nitrogen functional groups attached to an aromatic ring is 1. The Morgan fingerprint density at radius 2 is 2.10 bits per heavy atom. The SMILES string of the molecule is CC(=O)c1cccc(OCc2cc(C(=O)NN)co2)c1. The second-order valence-electron chi connectivity index (χ2n) is 4.15. The second-order valence-corrected chi connectivity index (χ2v) is 4.15. The molecule has 0 radical (unpaired) electrons. The third-order valence-electron chi connectivity index (χ3n) is 2.67. The summed E-state index contributed by atoms with van der Waals surface area (Å²) >= 11 is 0. The van der Waals surface area contributed by atoms with E-state index in [0.717, 1.165) is 0 Å². The normalized spacial score (nSPS) is 10.1. The van der Waals surface area contributed by atoms with E-state index in [4.69, 9.17) is 15.0 Å². The van der Waals surface area contributed by atoms with E-state index in [-0.39, 0.29) is 12.4 Å². The van der Waals surface area contributed by atoms with E-state index in [9.17, 15) is 9.59 Å². The van der Waals surface area contributed by atoms with Gasteiger partial charge in [-0.25, -0.2) is 5.84 Å². The summed E-state index contributed by atoms with van der Waals surface area (Å²) in [4.78, 5) is 22.5. The van der Waals surface area contributed by atoms with E-state index in [1.807, 2.05) is 5.43 Å². The van der Waals surface area contributed by atoms with E-state index in [2.05, 4.69) is 0 Å². The fourth-order valence-electron chi connectivity index (χ4n) is 1.62. The van der Waals surface area contributed by atoms with Gasteiger partial charge in [-0.15, -0.1) is 0 Å². The standard InChI is InChI=1S/C14H14N2O4/c1-9(17)10-3-2-4-12(5-10)20-8-13-6-11(7-19-13)14(18)16-15/h2-7H,8,15H2,1H3,(H,16,18). The molecule has 6 heteroatoms. The van der Waals surface area contributed by atoms with Crippen LogP contribution < -0.4 is 16.0 Å². The molecule has 20 heavy (non-hydrogen) atoms. The average Bonchev–Trinajstić information content (AvgIpc) is 2.93. The topological polar surface area (TPSA) is 94.6 Å². The molecule has 1 aromatic heterocycles. The van der Waals surface area contributed by atoms with Crippen molar-refractivity contribution in [1.29, 1.82) is 0 Å². The van der Waals surface area contributed by atoms with E-state index >= 15 is 0 Å². The maximum Gasteiger partial charge on any atom is 0.268 e.